The average Bonchev–Trinajstić information content (AvgIpc) is 2.18. The maximum Gasteiger partial charge on any atom is 0.0340 e. The fourth-order valence-electron chi connectivity index (χ4n) is 1.19. The van der Waals surface area contributed by atoms with Crippen LogP contribution in [-0.2, 0) is 0 Å². The summed E-state index contributed by atoms with van der Waals surface area (Å²) in [5.41, 5.74) is 2.62. The largest absolute Gasteiger partial charge is 0.264 e. The van der Waals surface area contributed by atoms with E-state index in [1.807, 2.05) is 12.3 Å². The van der Waals surface area contributed by atoms with Crippen LogP contribution in [0.25, 0.3) is 6.08 Å². The molecule has 0 bridgehead atoms. The molecule has 1 aromatic rings. The molecule has 0 radical (unpaired) electrons. The zero-order valence-corrected chi connectivity index (χ0v) is 8.62. The molecule has 1 aromatic heterocycles. The Morgan fingerprint density at radius 2 is 2.38 bits per heavy atom. The van der Waals surface area contributed by atoms with Gasteiger partial charge in [-0.3, -0.25) is 4.98 Å². The van der Waals surface area contributed by atoms with Crippen molar-refractivity contribution in [2.24, 2.45) is 5.92 Å². The summed E-state index contributed by atoms with van der Waals surface area (Å²) < 4.78 is 0. The monoisotopic (exact) mass is 175 g/mol. The molecule has 0 spiro atoms. The van der Waals surface area contributed by atoms with E-state index in [2.05, 4.69) is 37.9 Å². The molecule has 1 unspecified atom stereocenters. The fourth-order valence-corrected chi connectivity index (χ4v) is 1.19. The molecular formula is C12H17N. The number of hydrogen-bond acceptors (Lipinski definition) is 1. The van der Waals surface area contributed by atoms with Gasteiger partial charge in [0.05, 0.1) is 0 Å². The summed E-state index contributed by atoms with van der Waals surface area (Å²) in [6, 6.07) is 4.05. The van der Waals surface area contributed by atoms with Gasteiger partial charge in [0.25, 0.3) is 0 Å². The first kappa shape index (κ1) is 9.97. The molecule has 1 rings (SSSR count). The van der Waals surface area contributed by atoms with Crippen molar-refractivity contribution in [2.75, 3.05) is 0 Å². The highest BCUT2D eigenvalue weighted by Crippen LogP contribution is 2.16. The van der Waals surface area contributed by atoms with Crippen molar-refractivity contribution in [1.29, 1.82) is 0 Å². The van der Waals surface area contributed by atoms with Gasteiger partial charge in [0.15, 0.2) is 0 Å². The van der Waals surface area contributed by atoms with E-state index in [0.29, 0.717) is 5.92 Å². The van der Waals surface area contributed by atoms with Gasteiger partial charge in [0.1, 0.15) is 0 Å². The molecular weight excluding hydrogens is 158 g/mol. The molecule has 1 nitrogen and oxygen atoms in total. The number of allylic oxidation sites excluding steroid dienone is 1. The Bertz CT molecular complexity index is 274. The maximum absolute atomic E-state index is 4.08. The highest BCUT2D eigenvalue weighted by Gasteiger charge is 2.00. The van der Waals surface area contributed by atoms with E-state index in [4.69, 9.17) is 0 Å². The molecule has 0 aliphatic heterocycles. The first-order valence-corrected chi connectivity index (χ1v) is 4.82. The quantitative estimate of drug-likeness (QED) is 0.684. The zero-order chi connectivity index (χ0) is 9.68. The SMILES string of the molecule is CCC(C)C(C)=Cc1cccnc1. The second-order valence-electron chi connectivity index (χ2n) is 3.48. The maximum atomic E-state index is 4.08. The van der Waals surface area contributed by atoms with Crippen LogP contribution in [-0.4, -0.2) is 4.98 Å². The third-order valence-electron chi connectivity index (χ3n) is 2.47. The number of nitrogens with zero attached hydrogens (tertiary/aromatic N) is 1. The summed E-state index contributed by atoms with van der Waals surface area (Å²) in [5.74, 6) is 0.667. The van der Waals surface area contributed by atoms with Gasteiger partial charge in [-0.15, -0.1) is 0 Å². The summed E-state index contributed by atoms with van der Waals surface area (Å²) in [6.45, 7) is 6.65. The zero-order valence-electron chi connectivity index (χ0n) is 8.62. The molecule has 0 saturated carbocycles. The van der Waals surface area contributed by atoms with E-state index in [-0.39, 0.29) is 0 Å². The molecule has 0 N–H and O–H groups in total. The summed E-state index contributed by atoms with van der Waals surface area (Å²) in [7, 11) is 0. The second-order valence-corrected chi connectivity index (χ2v) is 3.48. The van der Waals surface area contributed by atoms with E-state index in [0.717, 1.165) is 0 Å². The van der Waals surface area contributed by atoms with Crippen molar-refractivity contribution in [1.82, 2.24) is 4.98 Å². The molecule has 0 amide bonds. The Labute approximate surface area is 80.5 Å². The standard InChI is InChI=1S/C12H17N/c1-4-10(2)11(3)8-12-6-5-7-13-9-12/h5-10H,4H2,1-3H3. The van der Waals surface area contributed by atoms with Gasteiger partial charge in [0.2, 0.25) is 0 Å². The van der Waals surface area contributed by atoms with Crippen molar-refractivity contribution in [2.45, 2.75) is 27.2 Å². The van der Waals surface area contributed by atoms with E-state index >= 15 is 0 Å². The minimum absolute atomic E-state index is 0.667. The molecule has 13 heavy (non-hydrogen) atoms. The number of hydrogen-bond donors (Lipinski definition) is 0. The lowest BCUT2D eigenvalue weighted by Crippen LogP contribution is -1.93. The lowest BCUT2D eigenvalue weighted by atomic mass is 9.98. The molecule has 0 fully saturated rings. The average molecular weight is 175 g/mol. The summed E-state index contributed by atoms with van der Waals surface area (Å²) in [5, 5.41) is 0. The fraction of sp³-hybridized carbons (Fsp3) is 0.417. The molecule has 70 valence electrons. The van der Waals surface area contributed by atoms with Crippen LogP contribution in [0, 0.1) is 5.92 Å². The molecule has 0 aliphatic carbocycles. The van der Waals surface area contributed by atoms with Crippen LogP contribution in [0.15, 0.2) is 30.1 Å². The minimum atomic E-state index is 0.667. The highest BCUT2D eigenvalue weighted by atomic mass is 14.6. The predicted molar refractivity (Wildman–Crippen MR) is 57.3 cm³/mol. The van der Waals surface area contributed by atoms with Gasteiger partial charge in [-0.05, 0) is 30.9 Å². The van der Waals surface area contributed by atoms with Gasteiger partial charge < -0.3 is 0 Å². The molecule has 0 aromatic carbocycles. The Morgan fingerprint density at radius 1 is 1.62 bits per heavy atom. The summed E-state index contributed by atoms with van der Waals surface area (Å²) >= 11 is 0. The Balaban J connectivity index is 2.77. The predicted octanol–water partition coefficient (Wildman–Crippen LogP) is 3.53. The highest BCUT2D eigenvalue weighted by molar-refractivity contribution is 5.51. The van der Waals surface area contributed by atoms with Gasteiger partial charge in [0, 0.05) is 12.4 Å². The Kier molecular flexibility index (Phi) is 3.69. The summed E-state index contributed by atoms with van der Waals surface area (Å²) in [6.07, 6.45) is 7.10. The normalized spacial score (nSPS) is 14.2. The minimum Gasteiger partial charge on any atom is -0.264 e. The van der Waals surface area contributed by atoms with E-state index in [1.54, 1.807) is 6.20 Å². The molecule has 1 atom stereocenters. The topological polar surface area (TPSA) is 12.9 Å². The molecule has 0 aliphatic rings. The van der Waals surface area contributed by atoms with E-state index < -0.39 is 0 Å². The van der Waals surface area contributed by atoms with Crippen LogP contribution in [0.4, 0.5) is 0 Å². The number of pyridine rings is 1. The van der Waals surface area contributed by atoms with Gasteiger partial charge in [-0.25, -0.2) is 0 Å². The smallest absolute Gasteiger partial charge is 0.0340 e. The third kappa shape index (κ3) is 3.02. The summed E-state index contributed by atoms with van der Waals surface area (Å²) in [4.78, 5) is 4.08. The first-order chi connectivity index (χ1) is 6.24. The van der Waals surface area contributed by atoms with Crippen LogP contribution in [0.1, 0.15) is 32.8 Å². The van der Waals surface area contributed by atoms with Crippen LogP contribution < -0.4 is 0 Å². The molecule has 0 saturated heterocycles. The number of aromatic nitrogens is 1. The van der Waals surface area contributed by atoms with Crippen molar-refractivity contribution in [3.63, 3.8) is 0 Å². The lowest BCUT2D eigenvalue weighted by Gasteiger charge is -2.08. The van der Waals surface area contributed by atoms with Gasteiger partial charge in [-0.2, -0.15) is 0 Å². The third-order valence-corrected chi connectivity index (χ3v) is 2.47. The molecule has 1 heteroatoms. The molecule has 1 heterocycles. The first-order valence-electron chi connectivity index (χ1n) is 4.82. The number of rotatable bonds is 3. The Morgan fingerprint density at radius 3 is 2.92 bits per heavy atom. The van der Waals surface area contributed by atoms with Gasteiger partial charge >= 0.3 is 0 Å². The Hall–Kier alpha value is -1.11. The van der Waals surface area contributed by atoms with Gasteiger partial charge in [-0.1, -0.05) is 31.6 Å². The van der Waals surface area contributed by atoms with Crippen LogP contribution >= 0.6 is 0 Å². The van der Waals surface area contributed by atoms with E-state index in [9.17, 15) is 0 Å². The van der Waals surface area contributed by atoms with Crippen molar-refractivity contribution in [3.05, 3.63) is 35.7 Å². The van der Waals surface area contributed by atoms with Crippen LogP contribution in [0.2, 0.25) is 0 Å². The van der Waals surface area contributed by atoms with E-state index in [1.165, 1.54) is 17.6 Å². The van der Waals surface area contributed by atoms with Crippen molar-refractivity contribution < 1.29 is 0 Å². The van der Waals surface area contributed by atoms with Crippen LogP contribution in [0.5, 0.6) is 0 Å². The van der Waals surface area contributed by atoms with Crippen molar-refractivity contribution in [3.8, 4) is 0 Å². The second kappa shape index (κ2) is 4.80. The van der Waals surface area contributed by atoms with Crippen LogP contribution in [0.3, 0.4) is 0 Å². The lowest BCUT2D eigenvalue weighted by molar-refractivity contribution is 0.660. The van der Waals surface area contributed by atoms with Crippen molar-refractivity contribution >= 4 is 6.08 Å².